The van der Waals surface area contributed by atoms with E-state index in [4.69, 9.17) is 0 Å². The summed E-state index contributed by atoms with van der Waals surface area (Å²) in [6.45, 7) is 4.18. The molecule has 2 unspecified atom stereocenters. The molecule has 0 spiro atoms. The summed E-state index contributed by atoms with van der Waals surface area (Å²) in [6, 6.07) is 2.33. The van der Waals surface area contributed by atoms with Gasteiger partial charge in [0.05, 0.1) is 5.69 Å². The fourth-order valence-electron chi connectivity index (χ4n) is 3.26. The molecule has 1 aromatic rings. The quantitative estimate of drug-likeness (QED) is 0.679. The van der Waals surface area contributed by atoms with Gasteiger partial charge in [-0.05, 0) is 67.7 Å². The van der Waals surface area contributed by atoms with Crippen LogP contribution in [0.1, 0.15) is 61.8 Å². The Balaban J connectivity index is 1.97. The second-order valence-electron chi connectivity index (χ2n) is 5.28. The minimum Gasteiger partial charge on any atom is -0.256 e. The van der Waals surface area contributed by atoms with E-state index in [1.165, 1.54) is 30.4 Å². The van der Waals surface area contributed by atoms with Crippen LogP contribution in [0.3, 0.4) is 0 Å². The van der Waals surface area contributed by atoms with Gasteiger partial charge in [-0.1, -0.05) is 18.2 Å². The molecule has 1 nitrogen and oxygen atoms in total. The summed E-state index contributed by atoms with van der Waals surface area (Å²) < 4.78 is 0. The van der Waals surface area contributed by atoms with Crippen molar-refractivity contribution in [3.05, 3.63) is 47.3 Å². The van der Waals surface area contributed by atoms with Crippen LogP contribution in [-0.2, 0) is 0 Å². The van der Waals surface area contributed by atoms with Gasteiger partial charge in [-0.25, -0.2) is 0 Å². The smallest absolute Gasteiger partial charge is 0.0661 e. The van der Waals surface area contributed by atoms with Gasteiger partial charge in [0, 0.05) is 6.20 Å². The van der Waals surface area contributed by atoms with Crippen molar-refractivity contribution < 1.29 is 0 Å². The number of hydrogen-bond donors (Lipinski definition) is 0. The van der Waals surface area contributed by atoms with Gasteiger partial charge in [0.15, 0.2) is 0 Å². The summed E-state index contributed by atoms with van der Waals surface area (Å²) in [4.78, 5) is 4.62. The molecule has 1 fully saturated rings. The number of fused-ring (bicyclic) bond motifs is 5. The molecule has 2 aliphatic rings. The Hall–Kier alpha value is -1.37. The van der Waals surface area contributed by atoms with Crippen LogP contribution in [-0.4, -0.2) is 4.98 Å². The highest BCUT2D eigenvalue weighted by Crippen LogP contribution is 2.52. The fourth-order valence-corrected chi connectivity index (χ4v) is 3.26. The lowest BCUT2D eigenvalue weighted by atomic mass is 9.92. The van der Waals surface area contributed by atoms with Gasteiger partial charge in [-0.3, -0.25) is 4.98 Å². The summed E-state index contributed by atoms with van der Waals surface area (Å²) in [5.74, 6) is 1.64. The molecule has 0 amide bonds. The van der Waals surface area contributed by atoms with Gasteiger partial charge in [0.1, 0.15) is 0 Å². The topological polar surface area (TPSA) is 12.9 Å². The summed E-state index contributed by atoms with van der Waals surface area (Å²) in [5.41, 5.74) is 5.52. The molecule has 0 aromatic carbocycles. The summed E-state index contributed by atoms with van der Waals surface area (Å²) in [5, 5.41) is 0. The van der Waals surface area contributed by atoms with Crippen molar-refractivity contribution >= 4 is 5.57 Å². The van der Waals surface area contributed by atoms with Gasteiger partial charge in [-0.2, -0.15) is 0 Å². The van der Waals surface area contributed by atoms with Gasteiger partial charge >= 0.3 is 0 Å². The summed E-state index contributed by atoms with van der Waals surface area (Å²) >= 11 is 0. The Kier molecular flexibility index (Phi) is 2.62. The maximum atomic E-state index is 4.62. The maximum Gasteiger partial charge on any atom is 0.0661 e. The highest BCUT2D eigenvalue weighted by atomic mass is 14.7. The number of rotatable bonds is 2. The normalized spacial score (nSPS) is 26.8. The Morgan fingerprint density at radius 2 is 2.06 bits per heavy atom. The zero-order valence-electron chi connectivity index (χ0n) is 10.6. The minimum absolute atomic E-state index is 0.816. The van der Waals surface area contributed by atoms with Crippen molar-refractivity contribution in [1.82, 2.24) is 4.98 Å². The lowest BCUT2D eigenvalue weighted by molar-refractivity contribution is 0.713. The molecule has 2 aliphatic carbocycles. The first-order valence-corrected chi connectivity index (χ1v) is 6.59. The first-order chi connectivity index (χ1) is 8.29. The molecule has 1 heterocycles. The molecule has 0 aliphatic heterocycles. The Labute approximate surface area is 103 Å². The molecule has 0 radical (unpaired) electrons. The summed E-state index contributed by atoms with van der Waals surface area (Å²) in [6.07, 6.45) is 12.5. The first kappa shape index (κ1) is 10.8. The third-order valence-corrected chi connectivity index (χ3v) is 4.22. The lowest BCUT2D eigenvalue weighted by Crippen LogP contribution is -2.00. The number of hydrogen-bond acceptors (Lipinski definition) is 1. The van der Waals surface area contributed by atoms with Crippen LogP contribution in [0.4, 0.5) is 0 Å². The third-order valence-electron chi connectivity index (χ3n) is 4.22. The van der Waals surface area contributed by atoms with Gasteiger partial charge in [0.25, 0.3) is 0 Å². The van der Waals surface area contributed by atoms with E-state index < -0.39 is 0 Å². The van der Waals surface area contributed by atoms with Crippen molar-refractivity contribution in [3.63, 3.8) is 0 Å². The Bertz CT molecular complexity index is 496. The molecular weight excluding hydrogens is 206 g/mol. The van der Waals surface area contributed by atoms with Crippen LogP contribution in [0.2, 0.25) is 0 Å². The predicted octanol–water partition coefficient (Wildman–Crippen LogP) is 4.43. The highest BCUT2D eigenvalue weighted by Gasteiger charge is 2.37. The van der Waals surface area contributed by atoms with Gasteiger partial charge in [0.2, 0.25) is 0 Å². The zero-order chi connectivity index (χ0) is 11.8. The van der Waals surface area contributed by atoms with Gasteiger partial charge < -0.3 is 0 Å². The van der Waals surface area contributed by atoms with Crippen molar-refractivity contribution in [2.45, 2.75) is 44.9 Å². The maximum absolute atomic E-state index is 4.62. The lowest BCUT2D eigenvalue weighted by Gasteiger charge is -2.15. The predicted molar refractivity (Wildman–Crippen MR) is 72.0 cm³/mol. The van der Waals surface area contributed by atoms with E-state index in [-0.39, 0.29) is 0 Å². The van der Waals surface area contributed by atoms with Crippen LogP contribution < -0.4 is 0 Å². The summed E-state index contributed by atoms with van der Waals surface area (Å²) in [7, 11) is 0. The van der Waals surface area contributed by atoms with Crippen LogP contribution in [0.5, 0.6) is 0 Å². The largest absolute Gasteiger partial charge is 0.256 e. The monoisotopic (exact) mass is 225 g/mol. The molecule has 0 saturated heterocycles. The average Bonchev–Trinajstić information content (AvgIpc) is 2.97. The van der Waals surface area contributed by atoms with Crippen LogP contribution >= 0.6 is 0 Å². The first-order valence-electron chi connectivity index (χ1n) is 6.59. The van der Waals surface area contributed by atoms with Crippen molar-refractivity contribution in [3.8, 4) is 0 Å². The molecule has 17 heavy (non-hydrogen) atoms. The second-order valence-corrected chi connectivity index (χ2v) is 5.28. The molecule has 2 bridgehead atoms. The van der Waals surface area contributed by atoms with E-state index in [0.717, 1.165) is 17.5 Å². The highest BCUT2D eigenvalue weighted by molar-refractivity contribution is 5.63. The molecule has 0 N–H and O–H groups in total. The van der Waals surface area contributed by atoms with Crippen molar-refractivity contribution in [2.24, 2.45) is 0 Å². The van der Waals surface area contributed by atoms with Crippen LogP contribution in [0, 0.1) is 0 Å². The van der Waals surface area contributed by atoms with E-state index in [0.29, 0.717) is 0 Å². The molecule has 1 heteroatoms. The van der Waals surface area contributed by atoms with Crippen LogP contribution in [0.15, 0.2) is 30.5 Å². The Morgan fingerprint density at radius 3 is 2.82 bits per heavy atom. The average molecular weight is 225 g/mol. The molecule has 88 valence electrons. The van der Waals surface area contributed by atoms with Crippen molar-refractivity contribution in [1.29, 1.82) is 0 Å². The van der Waals surface area contributed by atoms with E-state index in [9.17, 15) is 0 Å². The number of aromatic nitrogens is 1. The SMILES string of the molecule is C/C=C\C=C(/C)c1cc2c(cn1)C1CCC2C1. The molecule has 1 aromatic heterocycles. The third kappa shape index (κ3) is 1.74. The van der Waals surface area contributed by atoms with E-state index in [1.807, 2.05) is 6.92 Å². The van der Waals surface area contributed by atoms with Crippen LogP contribution in [0.25, 0.3) is 5.57 Å². The van der Waals surface area contributed by atoms with Crippen molar-refractivity contribution in [2.75, 3.05) is 0 Å². The minimum atomic E-state index is 0.816. The van der Waals surface area contributed by atoms with E-state index in [2.05, 4.69) is 42.4 Å². The number of nitrogens with zero attached hydrogens (tertiary/aromatic N) is 1. The number of pyridine rings is 1. The van der Waals surface area contributed by atoms with E-state index in [1.54, 1.807) is 5.56 Å². The number of allylic oxidation sites excluding steroid dienone is 4. The van der Waals surface area contributed by atoms with E-state index >= 15 is 0 Å². The molecule has 1 saturated carbocycles. The second kappa shape index (κ2) is 4.14. The fraction of sp³-hybridized carbons (Fsp3) is 0.438. The Morgan fingerprint density at radius 1 is 1.29 bits per heavy atom. The zero-order valence-corrected chi connectivity index (χ0v) is 10.6. The standard InChI is InChI=1S/C16H19N/c1-3-4-5-11(2)16-9-14-12-6-7-13(8-12)15(14)10-17-16/h3-5,9-10,12-13H,6-8H2,1-2H3/b4-3-,11-5+. The molecular formula is C16H19N. The van der Waals surface area contributed by atoms with Gasteiger partial charge in [-0.15, -0.1) is 0 Å². The molecule has 3 rings (SSSR count). The molecule has 2 atom stereocenters.